The number of amides is 1. The molecular weight excluding hydrogens is 514 g/mol. The van der Waals surface area contributed by atoms with Gasteiger partial charge in [-0.3, -0.25) is 9.69 Å². The number of nitrogens with zero attached hydrogens (tertiary/aromatic N) is 5. The Hall–Kier alpha value is -4.14. The summed E-state index contributed by atoms with van der Waals surface area (Å²) >= 11 is 0. The number of piperazine rings is 1. The molecular formula is C33H39N5O3. The second-order valence-corrected chi connectivity index (χ2v) is 10.2. The molecule has 214 valence electrons. The van der Waals surface area contributed by atoms with E-state index in [0.717, 1.165) is 41.7 Å². The number of aryl methyl sites for hydroxylation is 1. The number of rotatable bonds is 11. The van der Waals surface area contributed by atoms with E-state index in [1.165, 1.54) is 5.56 Å². The van der Waals surface area contributed by atoms with Crippen LogP contribution in [0, 0.1) is 6.92 Å². The molecule has 1 saturated heterocycles. The number of aromatic nitrogens is 2. The Morgan fingerprint density at radius 2 is 1.71 bits per heavy atom. The number of hydrogen-bond donors (Lipinski definition) is 0. The van der Waals surface area contributed by atoms with Crippen molar-refractivity contribution in [3.05, 3.63) is 103 Å². The molecule has 0 spiro atoms. The molecule has 41 heavy (non-hydrogen) atoms. The van der Waals surface area contributed by atoms with Crippen LogP contribution >= 0.6 is 0 Å². The predicted octanol–water partition coefficient (Wildman–Crippen LogP) is 4.95. The number of anilines is 2. The third-order valence-electron chi connectivity index (χ3n) is 7.57. The zero-order chi connectivity index (χ0) is 28.6. The molecule has 2 heterocycles. The highest BCUT2D eigenvalue weighted by molar-refractivity contribution is 5.98. The molecule has 3 aromatic carbocycles. The molecule has 1 atom stereocenters. The van der Waals surface area contributed by atoms with Gasteiger partial charge in [-0.1, -0.05) is 30.3 Å². The zero-order valence-corrected chi connectivity index (χ0v) is 24.1. The van der Waals surface area contributed by atoms with Gasteiger partial charge in [0, 0.05) is 69.3 Å². The molecule has 4 aromatic rings. The first-order chi connectivity index (χ1) is 20.1. The van der Waals surface area contributed by atoms with Gasteiger partial charge < -0.3 is 23.8 Å². The molecule has 1 amide bonds. The van der Waals surface area contributed by atoms with E-state index in [1.807, 2.05) is 72.0 Å². The fraction of sp³-hybridized carbons (Fsp3) is 0.333. The van der Waals surface area contributed by atoms with Crippen LogP contribution in [0.5, 0.6) is 5.75 Å². The van der Waals surface area contributed by atoms with Crippen molar-refractivity contribution in [1.82, 2.24) is 14.5 Å². The largest absolute Gasteiger partial charge is 0.494 e. The van der Waals surface area contributed by atoms with Crippen LogP contribution in [0.4, 0.5) is 11.4 Å². The summed E-state index contributed by atoms with van der Waals surface area (Å²) in [7, 11) is 1.67. The quantitative estimate of drug-likeness (QED) is 0.262. The first-order valence-electron chi connectivity index (χ1n) is 14.2. The van der Waals surface area contributed by atoms with E-state index in [1.54, 1.807) is 13.3 Å². The lowest BCUT2D eigenvalue weighted by Crippen LogP contribution is -2.59. The number of benzene rings is 3. The molecule has 1 unspecified atom stereocenters. The van der Waals surface area contributed by atoms with Crippen LogP contribution in [-0.4, -0.2) is 72.9 Å². The van der Waals surface area contributed by atoms with E-state index < -0.39 is 0 Å². The van der Waals surface area contributed by atoms with Crippen LogP contribution in [-0.2, 0) is 16.1 Å². The summed E-state index contributed by atoms with van der Waals surface area (Å²) in [5, 5.41) is 0. The van der Waals surface area contributed by atoms with Gasteiger partial charge in [-0.2, -0.15) is 0 Å². The molecule has 0 saturated carbocycles. The summed E-state index contributed by atoms with van der Waals surface area (Å²) in [5.74, 6) is 1.84. The molecule has 1 fully saturated rings. The number of carbonyl (C=O) groups is 1. The van der Waals surface area contributed by atoms with Crippen molar-refractivity contribution >= 4 is 17.3 Å². The lowest BCUT2D eigenvalue weighted by Gasteiger charge is -2.43. The fourth-order valence-electron chi connectivity index (χ4n) is 5.39. The summed E-state index contributed by atoms with van der Waals surface area (Å²) in [6.07, 6.45) is 3.73. The van der Waals surface area contributed by atoms with Gasteiger partial charge in [0.2, 0.25) is 5.91 Å². The van der Waals surface area contributed by atoms with Crippen molar-refractivity contribution < 1.29 is 14.3 Å². The Balaban J connectivity index is 1.42. The zero-order valence-electron chi connectivity index (χ0n) is 24.1. The number of carbonyl (C=O) groups excluding carboxylic acids is 1. The third-order valence-corrected chi connectivity index (χ3v) is 7.57. The number of ether oxygens (including phenoxy) is 2. The normalized spacial score (nSPS) is 15.6. The van der Waals surface area contributed by atoms with Crippen molar-refractivity contribution in [3.63, 3.8) is 0 Å². The Kier molecular flexibility index (Phi) is 9.33. The van der Waals surface area contributed by atoms with Crippen molar-refractivity contribution in [3.8, 4) is 11.4 Å². The smallest absolute Gasteiger partial charge is 0.246 e. The molecule has 8 nitrogen and oxygen atoms in total. The minimum absolute atomic E-state index is 0.0696. The summed E-state index contributed by atoms with van der Waals surface area (Å²) in [5.41, 5.74) is 4.15. The van der Waals surface area contributed by atoms with Gasteiger partial charge >= 0.3 is 0 Å². The number of hydrogen-bond acceptors (Lipinski definition) is 6. The lowest BCUT2D eigenvalue weighted by atomic mass is 10.1. The summed E-state index contributed by atoms with van der Waals surface area (Å²) in [6.45, 7) is 8.42. The van der Waals surface area contributed by atoms with E-state index in [2.05, 4.69) is 51.2 Å². The molecule has 0 N–H and O–H groups in total. The van der Waals surface area contributed by atoms with E-state index in [4.69, 9.17) is 9.47 Å². The number of imidazole rings is 1. The maximum atomic E-state index is 14.5. The summed E-state index contributed by atoms with van der Waals surface area (Å²) < 4.78 is 13.1. The van der Waals surface area contributed by atoms with Gasteiger partial charge in [0.1, 0.15) is 17.6 Å². The monoisotopic (exact) mass is 553 g/mol. The predicted molar refractivity (Wildman–Crippen MR) is 163 cm³/mol. The second kappa shape index (κ2) is 13.5. The molecule has 1 aliphatic rings. The van der Waals surface area contributed by atoms with Gasteiger partial charge in [-0.25, -0.2) is 4.98 Å². The third kappa shape index (κ3) is 6.78. The first kappa shape index (κ1) is 28.4. The van der Waals surface area contributed by atoms with Gasteiger partial charge in [-0.15, -0.1) is 0 Å². The minimum atomic E-state index is -0.331. The van der Waals surface area contributed by atoms with E-state index in [-0.39, 0.29) is 11.9 Å². The van der Waals surface area contributed by atoms with Crippen LogP contribution < -0.4 is 14.5 Å². The van der Waals surface area contributed by atoms with Crippen molar-refractivity contribution in [2.24, 2.45) is 0 Å². The topological polar surface area (TPSA) is 63.1 Å². The number of methoxy groups -OCH3 is 1. The Labute approximate surface area is 242 Å². The van der Waals surface area contributed by atoms with E-state index >= 15 is 0 Å². The highest BCUT2D eigenvalue weighted by Gasteiger charge is 2.35. The Morgan fingerprint density at radius 1 is 0.976 bits per heavy atom. The van der Waals surface area contributed by atoms with Crippen LogP contribution in [0.3, 0.4) is 0 Å². The average Bonchev–Trinajstić information content (AvgIpc) is 3.44. The van der Waals surface area contributed by atoms with Crippen molar-refractivity contribution in [2.45, 2.75) is 26.4 Å². The second-order valence-electron chi connectivity index (χ2n) is 10.2. The summed E-state index contributed by atoms with van der Waals surface area (Å²) in [4.78, 5) is 25.3. The molecule has 0 radical (unpaired) electrons. The van der Waals surface area contributed by atoms with Gasteiger partial charge in [0.05, 0.1) is 13.2 Å². The van der Waals surface area contributed by atoms with Crippen LogP contribution in [0.15, 0.2) is 91.3 Å². The van der Waals surface area contributed by atoms with Crippen molar-refractivity contribution in [1.29, 1.82) is 0 Å². The average molecular weight is 554 g/mol. The van der Waals surface area contributed by atoms with Crippen molar-refractivity contribution in [2.75, 3.05) is 56.3 Å². The molecule has 0 bridgehead atoms. The lowest BCUT2D eigenvalue weighted by molar-refractivity contribution is -0.124. The molecule has 1 aliphatic heterocycles. The molecule has 0 aliphatic carbocycles. The Morgan fingerprint density at radius 3 is 2.37 bits per heavy atom. The highest BCUT2D eigenvalue weighted by atomic mass is 16.5. The SMILES string of the molecule is CCOc1ccc(N2CCN(Cc3ccccc3)C(C(=O)N(CCOC)c3ccc(-n4ccnc4C)cc3)C2)cc1. The van der Waals surface area contributed by atoms with E-state index in [0.29, 0.717) is 32.8 Å². The van der Waals surface area contributed by atoms with Gasteiger partial charge in [0.15, 0.2) is 0 Å². The maximum Gasteiger partial charge on any atom is 0.246 e. The highest BCUT2D eigenvalue weighted by Crippen LogP contribution is 2.26. The van der Waals surface area contributed by atoms with E-state index in [9.17, 15) is 4.79 Å². The van der Waals surface area contributed by atoms with Gasteiger partial charge in [-0.05, 0) is 67.9 Å². The van der Waals surface area contributed by atoms with Crippen LogP contribution in [0.25, 0.3) is 5.69 Å². The fourth-order valence-corrected chi connectivity index (χ4v) is 5.39. The van der Waals surface area contributed by atoms with Gasteiger partial charge in [0.25, 0.3) is 0 Å². The molecule has 8 heteroatoms. The van der Waals surface area contributed by atoms with Crippen LogP contribution in [0.2, 0.25) is 0 Å². The molecule has 5 rings (SSSR count). The maximum absolute atomic E-state index is 14.5. The first-order valence-corrected chi connectivity index (χ1v) is 14.2. The molecule has 1 aromatic heterocycles. The Bertz CT molecular complexity index is 1390. The minimum Gasteiger partial charge on any atom is -0.494 e. The van der Waals surface area contributed by atoms with Crippen LogP contribution in [0.1, 0.15) is 18.3 Å². The summed E-state index contributed by atoms with van der Waals surface area (Å²) in [6, 6.07) is 26.3. The standard InChI is InChI=1S/C33H39N5O3/c1-4-41-31-16-14-28(15-17-31)35-20-21-36(24-27-8-6-5-7-9-27)32(25-35)33(39)38(22-23-40-3)30-12-10-29(11-13-30)37-19-18-34-26(37)2/h5-19,32H,4,20-25H2,1-3H3.